The fraction of sp³-hybridized carbons (Fsp3) is 0.105. The normalized spacial score (nSPS) is 11.9. The van der Waals surface area contributed by atoms with Crippen molar-refractivity contribution in [3.05, 3.63) is 70.9 Å². The maximum atomic E-state index is 13.6. The zero-order valence-electron chi connectivity index (χ0n) is 14.1. The van der Waals surface area contributed by atoms with Crippen LogP contribution in [0.15, 0.2) is 48.2 Å². The Morgan fingerprint density at radius 1 is 1.35 bits per heavy atom. The monoisotopic (exact) mass is 351 g/mol. The van der Waals surface area contributed by atoms with Gasteiger partial charge in [0.05, 0.1) is 5.69 Å². The Hall–Kier alpha value is -3.48. The van der Waals surface area contributed by atoms with E-state index >= 15 is 0 Å². The van der Waals surface area contributed by atoms with Crippen LogP contribution in [-0.2, 0) is 6.54 Å². The highest BCUT2D eigenvalue weighted by molar-refractivity contribution is 6.09. The van der Waals surface area contributed by atoms with Gasteiger partial charge in [0.15, 0.2) is 0 Å². The Bertz CT molecular complexity index is 1020. The van der Waals surface area contributed by atoms with E-state index in [2.05, 4.69) is 15.3 Å². The molecule has 0 spiro atoms. The van der Waals surface area contributed by atoms with Gasteiger partial charge in [-0.05, 0) is 31.2 Å². The largest absolute Gasteiger partial charge is 0.402 e. The predicted octanol–water partition coefficient (Wildman–Crippen LogP) is 2.97. The molecule has 26 heavy (non-hydrogen) atoms. The number of aromatic nitrogens is 2. The lowest BCUT2D eigenvalue weighted by Gasteiger charge is -2.04. The van der Waals surface area contributed by atoms with E-state index in [-0.39, 0.29) is 18.3 Å². The van der Waals surface area contributed by atoms with Crippen molar-refractivity contribution in [2.75, 3.05) is 0 Å². The smallest absolute Gasteiger partial charge is 0.268 e. The quantitative estimate of drug-likeness (QED) is 0.531. The fourth-order valence-corrected chi connectivity index (χ4v) is 2.58. The summed E-state index contributed by atoms with van der Waals surface area (Å²) in [4.78, 5) is 19.7. The molecule has 0 saturated carbocycles. The lowest BCUT2D eigenvalue weighted by molar-refractivity contribution is 0.0946. The van der Waals surface area contributed by atoms with E-state index in [1.807, 2.05) is 0 Å². The molecule has 7 heteroatoms. The average Bonchev–Trinajstić information content (AvgIpc) is 3.04. The zero-order chi connectivity index (χ0) is 18.7. The molecule has 0 unspecified atom stereocenters. The molecule has 3 rings (SSSR count). The molecule has 0 aliphatic heterocycles. The predicted molar refractivity (Wildman–Crippen MR) is 99.2 cm³/mol. The number of aromatic amines is 1. The van der Waals surface area contributed by atoms with Crippen molar-refractivity contribution < 1.29 is 9.18 Å². The molecule has 6 nitrogen and oxygen atoms in total. The lowest BCUT2D eigenvalue weighted by Crippen LogP contribution is -2.23. The van der Waals surface area contributed by atoms with Crippen molar-refractivity contribution in [2.24, 2.45) is 5.73 Å². The van der Waals surface area contributed by atoms with Crippen LogP contribution in [0.1, 0.15) is 28.7 Å². The van der Waals surface area contributed by atoms with Crippen LogP contribution in [0.2, 0.25) is 0 Å². The second-order valence-electron chi connectivity index (χ2n) is 5.83. The Labute approximate surface area is 149 Å². The van der Waals surface area contributed by atoms with E-state index < -0.39 is 0 Å². The topological polar surface area (TPSA) is 108 Å². The van der Waals surface area contributed by atoms with Gasteiger partial charge in [-0.3, -0.25) is 4.79 Å². The molecule has 2 heterocycles. The Morgan fingerprint density at radius 2 is 2.12 bits per heavy atom. The standard InChI is InChI=1S/C19H18FN5O/c1-11(22)14(9-21)16-7-6-12-8-17(25-18(12)24-16)19(26)23-10-13-4-2-3-5-15(13)20/h2-9,21H,10,22H2,1H3,(H,23,26)(H,24,25)/b14-11+,21-9?. The summed E-state index contributed by atoms with van der Waals surface area (Å²) in [6, 6.07) is 11.5. The summed E-state index contributed by atoms with van der Waals surface area (Å²) in [5.41, 5.74) is 8.58. The van der Waals surface area contributed by atoms with Gasteiger partial charge in [-0.2, -0.15) is 0 Å². The third kappa shape index (κ3) is 3.46. The molecule has 3 aromatic rings. The van der Waals surface area contributed by atoms with Crippen LogP contribution in [-0.4, -0.2) is 22.1 Å². The summed E-state index contributed by atoms with van der Waals surface area (Å²) in [7, 11) is 0. The number of H-pyrrole nitrogens is 1. The van der Waals surface area contributed by atoms with Gasteiger partial charge in [0, 0.05) is 35.0 Å². The highest BCUT2D eigenvalue weighted by Crippen LogP contribution is 2.19. The minimum atomic E-state index is -0.362. The highest BCUT2D eigenvalue weighted by Gasteiger charge is 2.12. The number of amides is 1. The first-order valence-electron chi connectivity index (χ1n) is 7.98. The molecule has 0 saturated heterocycles. The minimum absolute atomic E-state index is 0.0899. The Balaban J connectivity index is 1.82. The number of allylic oxidation sites excluding steroid dienone is 2. The van der Waals surface area contributed by atoms with Gasteiger partial charge >= 0.3 is 0 Å². The summed E-state index contributed by atoms with van der Waals surface area (Å²) in [5.74, 6) is -0.718. The number of rotatable bonds is 5. The molecular formula is C19H18FN5O. The molecule has 0 fully saturated rings. The number of hydrogen-bond acceptors (Lipinski definition) is 4. The van der Waals surface area contributed by atoms with Crippen molar-refractivity contribution >= 4 is 28.7 Å². The minimum Gasteiger partial charge on any atom is -0.402 e. The summed E-state index contributed by atoms with van der Waals surface area (Å²) < 4.78 is 13.6. The van der Waals surface area contributed by atoms with Crippen LogP contribution in [0.4, 0.5) is 4.39 Å². The van der Waals surface area contributed by atoms with Crippen molar-refractivity contribution in [2.45, 2.75) is 13.5 Å². The number of benzene rings is 1. The molecule has 0 bridgehead atoms. The maximum Gasteiger partial charge on any atom is 0.268 e. The number of nitrogens with zero attached hydrogens (tertiary/aromatic N) is 1. The summed E-state index contributed by atoms with van der Waals surface area (Å²) in [6.07, 6.45) is 1.15. The average molecular weight is 351 g/mol. The van der Waals surface area contributed by atoms with E-state index in [0.717, 1.165) is 11.6 Å². The van der Waals surface area contributed by atoms with Gasteiger partial charge in [0.2, 0.25) is 0 Å². The highest BCUT2D eigenvalue weighted by atomic mass is 19.1. The van der Waals surface area contributed by atoms with Gasteiger partial charge in [-0.15, -0.1) is 0 Å². The van der Waals surface area contributed by atoms with E-state index in [0.29, 0.717) is 33.9 Å². The first-order valence-corrected chi connectivity index (χ1v) is 7.98. The van der Waals surface area contributed by atoms with Crippen molar-refractivity contribution in [1.29, 1.82) is 5.41 Å². The van der Waals surface area contributed by atoms with Gasteiger partial charge < -0.3 is 21.4 Å². The van der Waals surface area contributed by atoms with E-state index in [1.54, 1.807) is 43.3 Å². The van der Waals surface area contributed by atoms with Crippen LogP contribution in [0.25, 0.3) is 16.6 Å². The first-order chi connectivity index (χ1) is 12.5. The number of carbonyl (C=O) groups is 1. The van der Waals surface area contributed by atoms with Crippen LogP contribution in [0, 0.1) is 11.2 Å². The van der Waals surface area contributed by atoms with Crippen molar-refractivity contribution in [1.82, 2.24) is 15.3 Å². The van der Waals surface area contributed by atoms with E-state index in [1.165, 1.54) is 6.07 Å². The number of nitrogens with two attached hydrogens (primary N) is 1. The zero-order valence-corrected chi connectivity index (χ0v) is 14.1. The number of nitrogens with one attached hydrogen (secondary N) is 3. The number of halogens is 1. The summed E-state index contributed by atoms with van der Waals surface area (Å²) >= 11 is 0. The third-order valence-electron chi connectivity index (χ3n) is 3.97. The number of hydrogen-bond donors (Lipinski definition) is 4. The number of pyridine rings is 1. The first kappa shape index (κ1) is 17.3. The van der Waals surface area contributed by atoms with Crippen LogP contribution in [0.3, 0.4) is 0 Å². The molecule has 1 aromatic carbocycles. The van der Waals surface area contributed by atoms with Gasteiger partial charge in [0.25, 0.3) is 5.91 Å². The van der Waals surface area contributed by atoms with E-state index in [9.17, 15) is 9.18 Å². The molecule has 2 aromatic heterocycles. The van der Waals surface area contributed by atoms with Gasteiger partial charge in [-0.1, -0.05) is 18.2 Å². The Kier molecular flexibility index (Phi) is 4.79. The second kappa shape index (κ2) is 7.18. The Morgan fingerprint density at radius 3 is 2.81 bits per heavy atom. The molecular weight excluding hydrogens is 333 g/mol. The molecule has 5 N–H and O–H groups in total. The summed E-state index contributed by atoms with van der Waals surface area (Å²) in [5, 5.41) is 10.9. The van der Waals surface area contributed by atoms with Gasteiger partial charge in [0.1, 0.15) is 17.2 Å². The van der Waals surface area contributed by atoms with Crippen LogP contribution in [0.5, 0.6) is 0 Å². The maximum absolute atomic E-state index is 13.6. The number of carbonyl (C=O) groups excluding carboxylic acids is 1. The fourth-order valence-electron chi connectivity index (χ4n) is 2.58. The lowest BCUT2D eigenvalue weighted by atomic mass is 10.1. The molecule has 0 atom stereocenters. The van der Waals surface area contributed by atoms with E-state index in [4.69, 9.17) is 11.1 Å². The third-order valence-corrected chi connectivity index (χ3v) is 3.97. The SMILES string of the molecule is C/C(N)=C(/C=N)c1ccc2cc(C(=O)NCc3ccccc3F)[nH]c2n1. The molecule has 0 aliphatic rings. The number of fused-ring (bicyclic) bond motifs is 1. The van der Waals surface area contributed by atoms with Crippen LogP contribution < -0.4 is 11.1 Å². The molecule has 132 valence electrons. The molecule has 1 amide bonds. The van der Waals surface area contributed by atoms with Crippen molar-refractivity contribution in [3.8, 4) is 0 Å². The van der Waals surface area contributed by atoms with Gasteiger partial charge in [-0.25, -0.2) is 9.37 Å². The van der Waals surface area contributed by atoms with Crippen LogP contribution >= 0.6 is 0 Å². The molecule has 0 radical (unpaired) electrons. The molecule has 0 aliphatic carbocycles. The second-order valence-corrected chi connectivity index (χ2v) is 5.83. The summed E-state index contributed by atoms with van der Waals surface area (Å²) in [6.45, 7) is 1.79. The van der Waals surface area contributed by atoms with Crippen molar-refractivity contribution in [3.63, 3.8) is 0 Å².